The molecule has 1 heterocycles. The Morgan fingerprint density at radius 3 is 1.49 bits per heavy atom. The van der Waals surface area contributed by atoms with Crippen molar-refractivity contribution < 1.29 is 86.5 Å². The van der Waals surface area contributed by atoms with Gasteiger partial charge in [0.2, 0.25) is 23.6 Å². The molecule has 0 aliphatic carbocycles. The Morgan fingerprint density at radius 1 is 0.583 bits per heavy atom. The summed E-state index contributed by atoms with van der Waals surface area (Å²) in [7, 11) is 2.72. The maximum Gasteiger partial charge on any atom is 0.407 e. The zero-order valence-corrected chi connectivity index (χ0v) is 42.1. The summed E-state index contributed by atoms with van der Waals surface area (Å²) in [6.45, 7) is 11.0. The number of hydrogen-bond donors (Lipinski definition) is 6. The van der Waals surface area contributed by atoms with Gasteiger partial charge in [-0.25, -0.2) is 9.59 Å². The molecule has 0 fully saturated rings. The fourth-order valence-corrected chi connectivity index (χ4v) is 6.29. The lowest BCUT2D eigenvalue weighted by atomic mass is 10.0. The van der Waals surface area contributed by atoms with Crippen molar-refractivity contribution in [3.63, 3.8) is 0 Å². The lowest BCUT2D eigenvalue weighted by molar-refractivity contribution is -0.137. The van der Waals surface area contributed by atoms with Crippen molar-refractivity contribution in [2.75, 3.05) is 145 Å². The smallest absolute Gasteiger partial charge is 0.407 e. The Morgan fingerprint density at radius 2 is 1.04 bits per heavy atom. The van der Waals surface area contributed by atoms with E-state index < -0.39 is 59.8 Å². The van der Waals surface area contributed by atoms with Crippen LogP contribution in [0.2, 0.25) is 0 Å². The molecule has 1 aromatic carbocycles. The summed E-state index contributed by atoms with van der Waals surface area (Å²) in [5.74, 6) is -2.82. The zero-order valence-electron chi connectivity index (χ0n) is 42.1. The van der Waals surface area contributed by atoms with E-state index in [-0.39, 0.29) is 57.4 Å². The van der Waals surface area contributed by atoms with Crippen LogP contribution < -0.4 is 21.3 Å². The minimum atomic E-state index is -1.20. The van der Waals surface area contributed by atoms with E-state index >= 15 is 0 Å². The van der Waals surface area contributed by atoms with Gasteiger partial charge in [0.05, 0.1) is 112 Å². The monoisotopic (exact) mass is 1030 g/mol. The summed E-state index contributed by atoms with van der Waals surface area (Å²) in [4.78, 5) is 99.4. The number of imide groups is 1. The maximum absolute atomic E-state index is 13.1. The lowest BCUT2D eigenvalue weighted by Gasteiger charge is -2.29. The van der Waals surface area contributed by atoms with E-state index in [9.17, 15) is 48.6 Å². The van der Waals surface area contributed by atoms with Crippen LogP contribution in [0.25, 0.3) is 0 Å². The van der Waals surface area contributed by atoms with Crippen LogP contribution in [-0.2, 0) is 73.1 Å². The van der Waals surface area contributed by atoms with Crippen LogP contribution in [0, 0.1) is 5.92 Å². The number of nitrogens with one attached hydrogen (secondary N) is 4. The molecule has 8 amide bonds. The van der Waals surface area contributed by atoms with Crippen molar-refractivity contribution in [2.24, 2.45) is 5.92 Å². The van der Waals surface area contributed by atoms with Gasteiger partial charge >= 0.3 is 12.2 Å². The summed E-state index contributed by atoms with van der Waals surface area (Å²) in [5, 5.41) is 29.4. The van der Waals surface area contributed by atoms with Crippen LogP contribution in [-0.4, -0.2) is 230 Å². The van der Waals surface area contributed by atoms with E-state index in [4.69, 9.17) is 37.9 Å². The number of likely N-dealkylation sites (N-methyl/N-ethyl adjacent to an activating group) is 2. The Bertz CT molecular complexity index is 1820. The molecular formula is C47H75N7O18. The van der Waals surface area contributed by atoms with E-state index in [0.717, 1.165) is 14.7 Å². The standard InChI is InChI=1S/C47H75N7O18/c1-34(2)43(45(60)49-35(3)44(59)50-37-8-6-36(7-9-37)32-38(53(5)47(63)64)33-52(4)46(61)62)51-40(56)13-16-65-18-20-67-22-24-69-26-28-71-30-31-72-29-27-70-25-23-68-21-19-66-17-14-48-39(55)12-15-54-41(57)10-11-42(54)58/h6-11,34-35,38,43H,12-33H2,1-5H3,(H,48,55)(H,49,60)(H,50,59)(H,51,56)(H,61,62)(H,63,64)/t35-,38?,43-/m0/s1. The topological polar surface area (TPSA) is 309 Å². The fourth-order valence-electron chi connectivity index (χ4n) is 6.29. The first-order valence-corrected chi connectivity index (χ1v) is 23.8. The second kappa shape index (κ2) is 37.0. The van der Waals surface area contributed by atoms with Crippen LogP contribution in [0.15, 0.2) is 36.4 Å². The van der Waals surface area contributed by atoms with Gasteiger partial charge in [-0.05, 0) is 37.0 Å². The van der Waals surface area contributed by atoms with Gasteiger partial charge in [-0.3, -0.25) is 33.7 Å². The molecule has 0 radical (unpaired) electrons. The number of amides is 8. The largest absolute Gasteiger partial charge is 0.465 e. The van der Waals surface area contributed by atoms with Crippen molar-refractivity contribution in [1.29, 1.82) is 0 Å². The van der Waals surface area contributed by atoms with Gasteiger partial charge < -0.3 is 79.2 Å². The molecule has 2 rings (SSSR count). The molecule has 1 unspecified atom stereocenters. The molecule has 3 atom stereocenters. The first-order chi connectivity index (χ1) is 34.5. The third-order valence-corrected chi connectivity index (χ3v) is 10.5. The molecular weight excluding hydrogens is 951 g/mol. The fraction of sp³-hybridized carbons (Fsp3) is 0.660. The quantitative estimate of drug-likeness (QED) is 0.0381. The van der Waals surface area contributed by atoms with Gasteiger partial charge in [-0.15, -0.1) is 0 Å². The van der Waals surface area contributed by atoms with Crippen LogP contribution in [0.3, 0.4) is 0 Å². The first kappa shape index (κ1) is 62.3. The molecule has 1 aliphatic rings. The molecule has 1 aromatic rings. The molecule has 0 saturated carbocycles. The minimum absolute atomic E-state index is 0.00778. The average molecular weight is 1030 g/mol. The number of anilines is 1. The summed E-state index contributed by atoms with van der Waals surface area (Å²) in [6.07, 6.45) is 0.246. The van der Waals surface area contributed by atoms with Gasteiger partial charge in [-0.1, -0.05) is 26.0 Å². The predicted molar refractivity (Wildman–Crippen MR) is 258 cm³/mol. The number of carboxylic acid groups (broad SMARTS) is 2. The Hall–Kier alpha value is -5.80. The molecule has 1 aliphatic heterocycles. The highest BCUT2D eigenvalue weighted by Gasteiger charge is 2.28. The predicted octanol–water partition coefficient (Wildman–Crippen LogP) is 0.355. The zero-order chi connectivity index (χ0) is 53.1. The van der Waals surface area contributed by atoms with Crippen LogP contribution >= 0.6 is 0 Å². The number of hydrogen-bond acceptors (Lipinski definition) is 16. The van der Waals surface area contributed by atoms with Crippen molar-refractivity contribution >= 4 is 53.3 Å². The third-order valence-electron chi connectivity index (χ3n) is 10.5. The van der Waals surface area contributed by atoms with E-state index in [1.807, 2.05) is 0 Å². The Labute approximate surface area is 420 Å². The molecule has 25 heteroatoms. The highest BCUT2D eigenvalue weighted by atomic mass is 16.6. The molecule has 0 aromatic heterocycles. The van der Waals surface area contributed by atoms with Gasteiger partial charge in [0, 0.05) is 64.4 Å². The molecule has 72 heavy (non-hydrogen) atoms. The normalized spacial score (nSPS) is 13.4. The van der Waals surface area contributed by atoms with Crippen molar-refractivity contribution in [1.82, 2.24) is 30.7 Å². The SMILES string of the molecule is CC(C)[C@H](NC(=O)CCOCCOCCOCCOCCOCCOCCOCCOCCNC(=O)CCN1C(=O)C=CC1=O)C(=O)N[C@@H](C)C(=O)Nc1ccc(CC(CN(C)C(=O)O)N(C)C(=O)O)cc1. The third kappa shape index (κ3) is 27.7. The average Bonchev–Trinajstić information content (AvgIpc) is 3.67. The van der Waals surface area contributed by atoms with E-state index in [2.05, 4.69) is 21.3 Å². The molecule has 0 bridgehead atoms. The number of nitrogens with zero attached hydrogens (tertiary/aromatic N) is 3. The number of carbonyl (C=O) groups excluding carboxylic acids is 6. The summed E-state index contributed by atoms with van der Waals surface area (Å²) >= 11 is 0. The second-order valence-electron chi connectivity index (χ2n) is 16.5. The number of rotatable bonds is 41. The Balaban J connectivity index is 1.40. The summed E-state index contributed by atoms with van der Waals surface area (Å²) in [6, 6.07) is 4.12. The molecule has 25 nitrogen and oxygen atoms in total. The second-order valence-corrected chi connectivity index (χ2v) is 16.5. The lowest BCUT2D eigenvalue weighted by Crippen LogP contribution is -2.53. The Kier molecular flexibility index (Phi) is 32.0. The van der Waals surface area contributed by atoms with E-state index in [1.54, 1.807) is 38.1 Å². The number of ether oxygens (including phenoxy) is 8. The number of benzene rings is 1. The molecule has 6 N–H and O–H groups in total. The summed E-state index contributed by atoms with van der Waals surface area (Å²) < 4.78 is 43.7. The van der Waals surface area contributed by atoms with E-state index in [0.29, 0.717) is 110 Å². The van der Waals surface area contributed by atoms with E-state index in [1.165, 1.54) is 33.2 Å². The molecule has 0 spiro atoms. The minimum Gasteiger partial charge on any atom is -0.465 e. The summed E-state index contributed by atoms with van der Waals surface area (Å²) in [5.41, 5.74) is 1.14. The van der Waals surface area contributed by atoms with Crippen LogP contribution in [0.1, 0.15) is 39.2 Å². The maximum atomic E-state index is 13.1. The van der Waals surface area contributed by atoms with Crippen LogP contribution in [0.5, 0.6) is 0 Å². The van der Waals surface area contributed by atoms with Crippen LogP contribution in [0.4, 0.5) is 15.3 Å². The highest BCUT2D eigenvalue weighted by Crippen LogP contribution is 2.15. The van der Waals surface area contributed by atoms with Crippen molar-refractivity contribution in [3.8, 4) is 0 Å². The van der Waals surface area contributed by atoms with Crippen molar-refractivity contribution in [3.05, 3.63) is 42.0 Å². The molecule has 406 valence electrons. The van der Waals surface area contributed by atoms with Gasteiger partial charge in [0.1, 0.15) is 12.1 Å². The first-order valence-electron chi connectivity index (χ1n) is 23.8. The van der Waals surface area contributed by atoms with Gasteiger partial charge in [0.15, 0.2) is 0 Å². The highest BCUT2D eigenvalue weighted by molar-refractivity contribution is 6.13. The van der Waals surface area contributed by atoms with Crippen molar-refractivity contribution in [2.45, 2.75) is 58.2 Å². The number of carbonyl (C=O) groups is 8. The molecule has 0 saturated heterocycles. The van der Waals surface area contributed by atoms with Gasteiger partial charge in [-0.2, -0.15) is 0 Å². The van der Waals surface area contributed by atoms with Gasteiger partial charge in [0.25, 0.3) is 11.8 Å².